The van der Waals surface area contributed by atoms with Gasteiger partial charge in [-0.15, -0.1) is 0 Å². The lowest BCUT2D eigenvalue weighted by Crippen LogP contribution is -2.24. The highest BCUT2D eigenvalue weighted by Gasteiger charge is 2.13. The maximum atomic E-state index is 11.5. The van der Waals surface area contributed by atoms with E-state index < -0.39 is 11.9 Å². The van der Waals surface area contributed by atoms with E-state index >= 15 is 0 Å². The van der Waals surface area contributed by atoms with Crippen molar-refractivity contribution in [1.29, 1.82) is 0 Å². The molecular weight excluding hydrogens is 318 g/mol. The summed E-state index contributed by atoms with van der Waals surface area (Å²) in [5.41, 5.74) is 0.475. The van der Waals surface area contributed by atoms with Crippen LogP contribution in [-0.2, 0) is 9.59 Å². The molecule has 0 atom stereocenters. The number of hydrogen-bond donors (Lipinski definition) is 2. The van der Waals surface area contributed by atoms with Crippen LogP contribution in [0.3, 0.4) is 0 Å². The normalized spacial score (nSPS) is 11.4. The lowest BCUT2D eigenvalue weighted by molar-refractivity contribution is -0.134. The molecule has 0 aliphatic heterocycles. The van der Waals surface area contributed by atoms with Crippen molar-refractivity contribution in [1.82, 2.24) is 5.32 Å². The largest absolute Gasteiger partial charge is 0.493 e. The van der Waals surface area contributed by atoms with E-state index in [9.17, 15) is 14.7 Å². The summed E-state index contributed by atoms with van der Waals surface area (Å²) in [5.74, 6) is -1.02. The molecule has 0 saturated heterocycles. The summed E-state index contributed by atoms with van der Waals surface area (Å²) in [6, 6.07) is 11.5. The SMILES string of the molecule is CCCCCOc1ccc2ccccc2c1/C=C(\NC(C)=O)C(=O)O. The van der Waals surface area contributed by atoms with Crippen molar-refractivity contribution >= 4 is 28.7 Å². The Morgan fingerprint density at radius 2 is 1.92 bits per heavy atom. The molecule has 0 heterocycles. The molecule has 0 saturated carbocycles. The lowest BCUT2D eigenvalue weighted by Gasteiger charge is -2.13. The number of hydrogen-bond acceptors (Lipinski definition) is 3. The van der Waals surface area contributed by atoms with E-state index in [4.69, 9.17) is 4.74 Å². The van der Waals surface area contributed by atoms with Gasteiger partial charge in [0.1, 0.15) is 11.4 Å². The Morgan fingerprint density at radius 1 is 1.16 bits per heavy atom. The number of rotatable bonds is 8. The molecule has 5 nitrogen and oxygen atoms in total. The second-order valence-electron chi connectivity index (χ2n) is 5.80. The molecule has 1 amide bonds. The van der Waals surface area contributed by atoms with Gasteiger partial charge in [0.05, 0.1) is 6.61 Å². The molecule has 0 spiro atoms. The molecule has 0 aliphatic carbocycles. The zero-order valence-electron chi connectivity index (χ0n) is 14.5. The number of aliphatic carboxylic acids is 1. The quantitative estimate of drug-likeness (QED) is 0.563. The molecule has 0 fully saturated rings. The third-order valence-electron chi connectivity index (χ3n) is 3.77. The van der Waals surface area contributed by atoms with Crippen molar-refractivity contribution in [3.63, 3.8) is 0 Å². The Bertz CT molecular complexity index is 795. The highest BCUT2D eigenvalue weighted by atomic mass is 16.5. The Balaban J connectivity index is 2.48. The predicted octanol–water partition coefficient (Wildman–Crippen LogP) is 3.97. The lowest BCUT2D eigenvalue weighted by atomic mass is 10.0. The van der Waals surface area contributed by atoms with Crippen LogP contribution in [0.1, 0.15) is 38.7 Å². The number of fused-ring (bicyclic) bond motifs is 1. The first-order valence-corrected chi connectivity index (χ1v) is 8.40. The molecule has 2 rings (SSSR count). The van der Waals surface area contributed by atoms with Crippen LogP contribution in [0.4, 0.5) is 0 Å². The van der Waals surface area contributed by atoms with Gasteiger partial charge in [-0.05, 0) is 29.3 Å². The van der Waals surface area contributed by atoms with Gasteiger partial charge in [0.2, 0.25) is 5.91 Å². The van der Waals surface area contributed by atoms with Crippen molar-refractivity contribution in [2.24, 2.45) is 0 Å². The molecule has 2 aromatic carbocycles. The molecular formula is C20H23NO4. The van der Waals surface area contributed by atoms with Gasteiger partial charge in [-0.25, -0.2) is 4.79 Å². The standard InChI is InChI=1S/C20H23NO4/c1-3-4-7-12-25-19-11-10-15-8-5-6-9-16(15)17(19)13-18(20(23)24)21-14(2)22/h5-6,8-11,13H,3-4,7,12H2,1-2H3,(H,21,22)(H,23,24)/b18-13-. The average Bonchev–Trinajstić information content (AvgIpc) is 2.58. The van der Waals surface area contributed by atoms with E-state index in [0.717, 1.165) is 30.0 Å². The number of amides is 1. The summed E-state index contributed by atoms with van der Waals surface area (Å²) in [6.45, 7) is 3.97. The first kappa shape index (κ1) is 18.5. The maximum Gasteiger partial charge on any atom is 0.352 e. The fraction of sp³-hybridized carbons (Fsp3) is 0.300. The first-order chi connectivity index (χ1) is 12.0. The second-order valence-corrected chi connectivity index (χ2v) is 5.80. The van der Waals surface area contributed by atoms with Crippen molar-refractivity contribution in [3.05, 3.63) is 47.7 Å². The smallest absolute Gasteiger partial charge is 0.352 e. The topological polar surface area (TPSA) is 75.6 Å². The maximum absolute atomic E-state index is 11.5. The van der Waals surface area contributed by atoms with Crippen LogP contribution in [0, 0.1) is 0 Å². The predicted molar refractivity (Wildman–Crippen MR) is 98.4 cm³/mol. The molecule has 0 radical (unpaired) electrons. The highest BCUT2D eigenvalue weighted by Crippen LogP contribution is 2.30. The molecule has 132 valence electrons. The number of benzene rings is 2. The van der Waals surface area contributed by atoms with Crippen LogP contribution in [0.15, 0.2) is 42.1 Å². The van der Waals surface area contributed by atoms with E-state index in [-0.39, 0.29) is 5.70 Å². The van der Waals surface area contributed by atoms with Crippen LogP contribution in [-0.4, -0.2) is 23.6 Å². The summed E-state index contributed by atoms with van der Waals surface area (Å²) in [5, 5.41) is 13.6. The monoisotopic (exact) mass is 341 g/mol. The first-order valence-electron chi connectivity index (χ1n) is 8.40. The fourth-order valence-corrected chi connectivity index (χ4v) is 2.57. The molecule has 0 aliphatic rings. The number of unbranched alkanes of at least 4 members (excludes halogenated alkanes) is 2. The van der Waals surface area contributed by atoms with E-state index in [1.165, 1.54) is 13.0 Å². The van der Waals surface area contributed by atoms with Gasteiger partial charge in [0, 0.05) is 12.5 Å². The Kier molecular flexibility index (Phi) is 6.57. The Labute approximate surface area is 147 Å². The molecule has 2 N–H and O–H groups in total. The van der Waals surface area contributed by atoms with Crippen LogP contribution in [0.2, 0.25) is 0 Å². The minimum atomic E-state index is -1.19. The van der Waals surface area contributed by atoms with Crippen LogP contribution >= 0.6 is 0 Å². The minimum absolute atomic E-state index is 0.178. The third kappa shape index (κ3) is 5.08. The van der Waals surface area contributed by atoms with Crippen molar-refractivity contribution in [2.45, 2.75) is 33.1 Å². The fourth-order valence-electron chi connectivity index (χ4n) is 2.57. The molecule has 5 heteroatoms. The molecule has 0 unspecified atom stereocenters. The van der Waals surface area contributed by atoms with Crippen LogP contribution in [0.25, 0.3) is 16.8 Å². The summed E-state index contributed by atoms with van der Waals surface area (Å²) in [7, 11) is 0. The Hall–Kier alpha value is -2.82. The number of nitrogens with one attached hydrogen (secondary N) is 1. The number of carbonyl (C=O) groups excluding carboxylic acids is 1. The Morgan fingerprint density at radius 3 is 2.60 bits per heavy atom. The van der Waals surface area contributed by atoms with Crippen molar-refractivity contribution in [2.75, 3.05) is 6.61 Å². The van der Waals surface area contributed by atoms with E-state index in [1.54, 1.807) is 0 Å². The van der Waals surface area contributed by atoms with Gasteiger partial charge in [0.25, 0.3) is 0 Å². The van der Waals surface area contributed by atoms with Crippen molar-refractivity contribution < 1.29 is 19.4 Å². The van der Waals surface area contributed by atoms with Gasteiger partial charge in [-0.1, -0.05) is 50.1 Å². The van der Waals surface area contributed by atoms with Crippen LogP contribution in [0.5, 0.6) is 5.75 Å². The number of carbonyl (C=O) groups is 2. The third-order valence-corrected chi connectivity index (χ3v) is 3.77. The summed E-state index contributed by atoms with van der Waals surface area (Å²) in [6.07, 6.45) is 4.57. The van der Waals surface area contributed by atoms with Crippen molar-refractivity contribution in [3.8, 4) is 5.75 Å². The average molecular weight is 341 g/mol. The van der Waals surface area contributed by atoms with E-state index in [2.05, 4.69) is 12.2 Å². The van der Waals surface area contributed by atoms with Gasteiger partial charge < -0.3 is 15.2 Å². The summed E-state index contributed by atoms with van der Waals surface area (Å²) < 4.78 is 5.88. The van der Waals surface area contributed by atoms with E-state index in [1.807, 2.05) is 36.4 Å². The van der Waals surface area contributed by atoms with Crippen LogP contribution < -0.4 is 10.1 Å². The second kappa shape index (κ2) is 8.87. The molecule has 2 aromatic rings. The molecule has 0 bridgehead atoms. The number of ether oxygens (including phenoxy) is 1. The zero-order chi connectivity index (χ0) is 18.2. The molecule has 0 aromatic heterocycles. The summed E-state index contributed by atoms with van der Waals surface area (Å²) in [4.78, 5) is 22.8. The van der Waals surface area contributed by atoms with Gasteiger partial charge >= 0.3 is 5.97 Å². The summed E-state index contributed by atoms with van der Waals surface area (Å²) >= 11 is 0. The highest BCUT2D eigenvalue weighted by molar-refractivity contribution is 6.01. The number of carboxylic acids is 1. The molecule has 25 heavy (non-hydrogen) atoms. The van der Waals surface area contributed by atoms with E-state index in [0.29, 0.717) is 17.9 Å². The van der Waals surface area contributed by atoms with Gasteiger partial charge in [-0.2, -0.15) is 0 Å². The number of carboxylic acid groups (broad SMARTS) is 1. The zero-order valence-corrected chi connectivity index (χ0v) is 14.5. The van der Waals surface area contributed by atoms with Gasteiger partial charge in [0.15, 0.2) is 0 Å². The minimum Gasteiger partial charge on any atom is -0.493 e. The van der Waals surface area contributed by atoms with Gasteiger partial charge in [-0.3, -0.25) is 4.79 Å².